The fourth-order valence-electron chi connectivity index (χ4n) is 0.760. The average molecular weight is 208 g/mol. The molecular weight excluding hydrogens is 192 g/mol. The third-order valence-electron chi connectivity index (χ3n) is 1.50. The summed E-state index contributed by atoms with van der Waals surface area (Å²) in [6, 6.07) is 0. The van der Waals surface area contributed by atoms with Crippen LogP contribution in [0, 0.1) is 0 Å². The van der Waals surface area contributed by atoms with Gasteiger partial charge >= 0.3 is 5.97 Å². The second-order valence-electron chi connectivity index (χ2n) is 3.17. The minimum absolute atomic E-state index is 0.421. The van der Waals surface area contributed by atoms with Crippen LogP contribution in [0.3, 0.4) is 0 Å². The quantitative estimate of drug-likeness (QED) is 0.390. The highest BCUT2D eigenvalue weighted by atomic mass is 16.6. The summed E-state index contributed by atoms with van der Waals surface area (Å²) >= 11 is 0. The molecule has 0 heterocycles. The Morgan fingerprint density at radius 1 is 1.29 bits per heavy atom. The number of hydrogen-bond donors (Lipinski definition) is 4. The van der Waals surface area contributed by atoms with Crippen LogP contribution >= 0.6 is 0 Å². The van der Waals surface area contributed by atoms with Crippen LogP contribution in [0.4, 0.5) is 0 Å². The standard InChI is InChI=1S/C8H16O6/c1-4(2)14-8(13)7(12)6(11)5(10)3-9/h4-7,9-12H,3H2,1-2H3/t5-,6-,7+/m1/s1. The normalized spacial score (nSPS) is 17.6. The van der Waals surface area contributed by atoms with Crippen molar-refractivity contribution in [3.8, 4) is 0 Å². The van der Waals surface area contributed by atoms with Crippen molar-refractivity contribution >= 4 is 5.97 Å². The number of rotatable bonds is 5. The molecule has 3 atom stereocenters. The second kappa shape index (κ2) is 5.92. The third kappa shape index (κ3) is 4.01. The van der Waals surface area contributed by atoms with Gasteiger partial charge in [-0.15, -0.1) is 0 Å². The van der Waals surface area contributed by atoms with Gasteiger partial charge in [-0.2, -0.15) is 0 Å². The third-order valence-corrected chi connectivity index (χ3v) is 1.50. The zero-order chi connectivity index (χ0) is 11.3. The van der Waals surface area contributed by atoms with Crippen LogP contribution < -0.4 is 0 Å². The van der Waals surface area contributed by atoms with Gasteiger partial charge in [-0.25, -0.2) is 4.79 Å². The highest BCUT2D eigenvalue weighted by Crippen LogP contribution is 2.03. The van der Waals surface area contributed by atoms with E-state index in [2.05, 4.69) is 4.74 Å². The van der Waals surface area contributed by atoms with Gasteiger partial charge in [-0.1, -0.05) is 0 Å². The average Bonchev–Trinajstić information content (AvgIpc) is 2.13. The van der Waals surface area contributed by atoms with E-state index >= 15 is 0 Å². The largest absolute Gasteiger partial charge is 0.461 e. The molecule has 0 saturated carbocycles. The van der Waals surface area contributed by atoms with E-state index in [9.17, 15) is 4.79 Å². The van der Waals surface area contributed by atoms with Crippen molar-refractivity contribution in [1.82, 2.24) is 0 Å². The van der Waals surface area contributed by atoms with Gasteiger partial charge < -0.3 is 25.2 Å². The zero-order valence-corrected chi connectivity index (χ0v) is 8.12. The number of carbonyl (C=O) groups excluding carboxylic acids is 1. The monoisotopic (exact) mass is 208 g/mol. The van der Waals surface area contributed by atoms with E-state index in [1.54, 1.807) is 13.8 Å². The fraction of sp³-hybridized carbons (Fsp3) is 0.875. The number of hydrogen-bond acceptors (Lipinski definition) is 6. The van der Waals surface area contributed by atoms with Crippen LogP contribution in [0.25, 0.3) is 0 Å². The molecule has 0 spiro atoms. The second-order valence-corrected chi connectivity index (χ2v) is 3.17. The van der Waals surface area contributed by atoms with E-state index in [0.717, 1.165) is 0 Å². The van der Waals surface area contributed by atoms with Gasteiger partial charge in [0.1, 0.15) is 12.2 Å². The van der Waals surface area contributed by atoms with E-state index in [4.69, 9.17) is 20.4 Å². The summed E-state index contributed by atoms with van der Waals surface area (Å²) in [6.07, 6.45) is -5.58. The first kappa shape index (κ1) is 13.3. The van der Waals surface area contributed by atoms with Gasteiger partial charge in [0.05, 0.1) is 12.7 Å². The van der Waals surface area contributed by atoms with Crippen LogP contribution in [0.1, 0.15) is 13.8 Å². The molecule has 84 valence electrons. The molecule has 6 nitrogen and oxygen atoms in total. The molecule has 0 amide bonds. The maximum absolute atomic E-state index is 11.0. The number of esters is 1. The van der Waals surface area contributed by atoms with Crippen LogP contribution in [0.2, 0.25) is 0 Å². The summed E-state index contributed by atoms with van der Waals surface area (Å²) in [5, 5.41) is 35.6. The predicted octanol–water partition coefficient (Wildman–Crippen LogP) is -1.99. The van der Waals surface area contributed by atoms with E-state index in [-0.39, 0.29) is 0 Å². The number of carbonyl (C=O) groups is 1. The number of aliphatic hydroxyl groups excluding tert-OH is 4. The molecule has 14 heavy (non-hydrogen) atoms. The molecule has 0 aliphatic rings. The SMILES string of the molecule is CC(C)OC(=O)[C@@H](O)[C@H](O)[C@H](O)CO. The predicted molar refractivity (Wildman–Crippen MR) is 46.3 cm³/mol. The Balaban J connectivity index is 4.16. The Morgan fingerprint density at radius 2 is 1.79 bits per heavy atom. The molecule has 0 aliphatic heterocycles. The van der Waals surface area contributed by atoms with Crippen molar-refractivity contribution in [2.75, 3.05) is 6.61 Å². The summed E-state index contributed by atoms with van der Waals surface area (Å²) in [6.45, 7) is 2.42. The zero-order valence-electron chi connectivity index (χ0n) is 8.12. The lowest BCUT2D eigenvalue weighted by molar-refractivity contribution is -0.169. The maximum atomic E-state index is 11.0. The van der Waals surface area contributed by atoms with E-state index < -0.39 is 37.0 Å². The molecule has 0 aromatic carbocycles. The van der Waals surface area contributed by atoms with Gasteiger partial charge in [0.2, 0.25) is 0 Å². The fourth-order valence-corrected chi connectivity index (χ4v) is 0.760. The maximum Gasteiger partial charge on any atom is 0.338 e. The lowest BCUT2D eigenvalue weighted by atomic mass is 10.1. The lowest BCUT2D eigenvalue weighted by Crippen LogP contribution is -2.45. The summed E-state index contributed by atoms with van der Waals surface area (Å²) < 4.78 is 4.59. The van der Waals surface area contributed by atoms with E-state index in [0.29, 0.717) is 0 Å². The molecule has 0 aromatic heterocycles. The van der Waals surface area contributed by atoms with Crippen molar-refractivity contribution < 1.29 is 30.0 Å². The highest BCUT2D eigenvalue weighted by molar-refractivity contribution is 5.75. The van der Waals surface area contributed by atoms with E-state index in [1.165, 1.54) is 0 Å². The molecule has 0 rings (SSSR count). The van der Waals surface area contributed by atoms with Crippen molar-refractivity contribution in [2.24, 2.45) is 0 Å². The Kier molecular flexibility index (Phi) is 5.63. The first-order valence-corrected chi connectivity index (χ1v) is 4.25. The first-order chi connectivity index (χ1) is 6.40. The molecule has 0 bridgehead atoms. The lowest BCUT2D eigenvalue weighted by Gasteiger charge is -2.20. The minimum Gasteiger partial charge on any atom is -0.461 e. The Labute approximate surface area is 81.7 Å². The summed E-state index contributed by atoms with van der Waals surface area (Å²) in [4.78, 5) is 11.0. The number of aliphatic hydroxyl groups is 4. The molecule has 0 aromatic rings. The highest BCUT2D eigenvalue weighted by Gasteiger charge is 2.31. The first-order valence-electron chi connectivity index (χ1n) is 4.25. The Bertz CT molecular complexity index is 181. The smallest absolute Gasteiger partial charge is 0.338 e. The minimum atomic E-state index is -1.85. The van der Waals surface area contributed by atoms with Gasteiger partial charge in [-0.3, -0.25) is 0 Å². The van der Waals surface area contributed by atoms with Crippen molar-refractivity contribution in [3.63, 3.8) is 0 Å². The van der Waals surface area contributed by atoms with Crippen molar-refractivity contribution in [2.45, 2.75) is 38.3 Å². The summed E-state index contributed by atoms with van der Waals surface area (Å²) in [7, 11) is 0. The van der Waals surface area contributed by atoms with Crippen LogP contribution in [-0.2, 0) is 9.53 Å². The van der Waals surface area contributed by atoms with Gasteiger partial charge in [0.25, 0.3) is 0 Å². The van der Waals surface area contributed by atoms with Crippen molar-refractivity contribution in [1.29, 1.82) is 0 Å². The Hall–Kier alpha value is -0.690. The molecule has 0 aliphatic carbocycles. The summed E-state index contributed by atoms with van der Waals surface area (Å²) in [5.74, 6) is -1.03. The molecule has 0 saturated heterocycles. The Morgan fingerprint density at radius 3 is 2.14 bits per heavy atom. The topological polar surface area (TPSA) is 107 Å². The molecule has 0 fully saturated rings. The number of ether oxygens (including phenoxy) is 1. The summed E-state index contributed by atoms with van der Waals surface area (Å²) in [5.41, 5.74) is 0. The van der Waals surface area contributed by atoms with Gasteiger partial charge in [0, 0.05) is 0 Å². The van der Waals surface area contributed by atoms with Crippen LogP contribution in [-0.4, -0.2) is 57.4 Å². The van der Waals surface area contributed by atoms with Gasteiger partial charge in [-0.05, 0) is 13.8 Å². The molecular formula is C8H16O6. The van der Waals surface area contributed by atoms with Crippen LogP contribution in [0.15, 0.2) is 0 Å². The van der Waals surface area contributed by atoms with E-state index in [1.807, 2.05) is 0 Å². The molecule has 4 N–H and O–H groups in total. The molecule has 6 heteroatoms. The molecule has 0 radical (unpaired) electrons. The van der Waals surface area contributed by atoms with Gasteiger partial charge in [0.15, 0.2) is 6.10 Å². The van der Waals surface area contributed by atoms with Crippen molar-refractivity contribution in [3.05, 3.63) is 0 Å². The van der Waals surface area contributed by atoms with Crippen LogP contribution in [0.5, 0.6) is 0 Å². The molecule has 0 unspecified atom stereocenters.